The summed E-state index contributed by atoms with van der Waals surface area (Å²) in [6.07, 6.45) is 0.536. The molecule has 28 heavy (non-hydrogen) atoms. The number of halogens is 3. The second kappa shape index (κ2) is 8.31. The molecule has 1 aromatic carbocycles. The van der Waals surface area contributed by atoms with E-state index in [0.717, 1.165) is 49.1 Å². The number of aryl methyl sites for hydroxylation is 1. The van der Waals surface area contributed by atoms with Crippen molar-refractivity contribution in [1.29, 1.82) is 0 Å². The molecule has 0 saturated heterocycles. The molecule has 1 aliphatic carbocycles. The molecular weight excluding hydrogens is 367 g/mol. The van der Waals surface area contributed by atoms with Gasteiger partial charge in [0.2, 0.25) is 0 Å². The summed E-state index contributed by atoms with van der Waals surface area (Å²) in [7, 11) is 0. The van der Waals surface area contributed by atoms with Crippen LogP contribution in [0.4, 0.5) is 13.2 Å². The van der Waals surface area contributed by atoms with Gasteiger partial charge in [0, 0.05) is 24.4 Å². The number of pyridine rings is 1. The van der Waals surface area contributed by atoms with Crippen LogP contribution in [-0.2, 0) is 6.18 Å². The quantitative estimate of drug-likeness (QED) is 0.635. The molecule has 1 fully saturated rings. The van der Waals surface area contributed by atoms with Crippen molar-refractivity contribution >= 4 is 11.2 Å². The van der Waals surface area contributed by atoms with Crippen LogP contribution in [-0.4, -0.2) is 26.2 Å². The number of aliphatic hydroxyl groups is 1. The zero-order valence-electron chi connectivity index (χ0n) is 16.0. The highest BCUT2D eigenvalue weighted by Crippen LogP contribution is 2.42. The van der Waals surface area contributed by atoms with Crippen molar-refractivity contribution in [2.45, 2.75) is 51.7 Å². The number of aromatic nitrogens is 3. The first-order valence-electron chi connectivity index (χ1n) is 9.48. The summed E-state index contributed by atoms with van der Waals surface area (Å²) in [4.78, 5) is 8.54. The number of rotatable bonds is 4. The molecule has 0 spiro atoms. The van der Waals surface area contributed by atoms with Crippen LogP contribution in [0.25, 0.3) is 22.6 Å². The number of aliphatic hydroxyl groups excluding tert-OH is 1. The highest BCUT2D eigenvalue weighted by atomic mass is 19.4. The fraction of sp³-hybridized carbons (Fsp3) is 0.429. The van der Waals surface area contributed by atoms with E-state index in [9.17, 15) is 13.2 Å². The Kier molecular flexibility index (Phi) is 6.03. The highest BCUT2D eigenvalue weighted by molar-refractivity contribution is 5.79. The van der Waals surface area contributed by atoms with E-state index in [0.29, 0.717) is 23.6 Å². The largest absolute Gasteiger partial charge is 0.417 e. The summed E-state index contributed by atoms with van der Waals surface area (Å²) < 4.78 is 40.7. The summed E-state index contributed by atoms with van der Waals surface area (Å²) in [6, 6.07) is 9.12. The van der Waals surface area contributed by atoms with E-state index in [2.05, 4.69) is 16.9 Å². The number of nitrogens with zero attached hydrogens (tertiary/aromatic N) is 3. The Hall–Kier alpha value is -2.41. The van der Waals surface area contributed by atoms with E-state index in [-0.39, 0.29) is 6.04 Å². The minimum atomic E-state index is -4.41. The molecule has 0 bridgehead atoms. The van der Waals surface area contributed by atoms with Gasteiger partial charge in [0.25, 0.3) is 0 Å². The number of alkyl halides is 3. The molecule has 4 nitrogen and oxygen atoms in total. The first kappa shape index (κ1) is 20.3. The molecule has 0 radical (unpaired) electrons. The summed E-state index contributed by atoms with van der Waals surface area (Å²) >= 11 is 0. The fourth-order valence-corrected chi connectivity index (χ4v) is 2.99. The van der Waals surface area contributed by atoms with E-state index >= 15 is 0 Å². The van der Waals surface area contributed by atoms with Crippen molar-refractivity contribution < 1.29 is 18.3 Å². The maximum atomic E-state index is 12.9. The van der Waals surface area contributed by atoms with Crippen LogP contribution < -0.4 is 0 Å². The van der Waals surface area contributed by atoms with Crippen LogP contribution in [0.1, 0.15) is 49.8 Å². The number of benzene rings is 1. The average Bonchev–Trinajstić information content (AvgIpc) is 3.42. The Morgan fingerprint density at radius 3 is 2.46 bits per heavy atom. The van der Waals surface area contributed by atoms with Gasteiger partial charge in [0.1, 0.15) is 11.3 Å². The lowest BCUT2D eigenvalue weighted by Crippen LogP contribution is -2.06. The molecule has 2 heterocycles. The maximum Gasteiger partial charge on any atom is 0.417 e. The third-order valence-electron chi connectivity index (χ3n) is 4.67. The number of hydrogen-bond acceptors (Lipinski definition) is 3. The molecule has 1 aliphatic rings. The summed E-state index contributed by atoms with van der Waals surface area (Å²) in [5, 5.41) is 8.07. The van der Waals surface area contributed by atoms with Gasteiger partial charge in [-0.3, -0.25) is 0 Å². The first-order chi connectivity index (χ1) is 13.4. The summed E-state index contributed by atoms with van der Waals surface area (Å²) in [6.45, 7) is 4.37. The van der Waals surface area contributed by atoms with Crippen molar-refractivity contribution in [2.75, 3.05) is 6.61 Å². The fourth-order valence-electron chi connectivity index (χ4n) is 2.99. The van der Waals surface area contributed by atoms with E-state index < -0.39 is 11.7 Å². The van der Waals surface area contributed by atoms with Crippen molar-refractivity contribution in [2.24, 2.45) is 0 Å². The number of imidazole rings is 1. The molecule has 0 amide bonds. The molecule has 1 N–H and O–H groups in total. The third kappa shape index (κ3) is 4.35. The smallest absolute Gasteiger partial charge is 0.396 e. The van der Waals surface area contributed by atoms with Gasteiger partial charge in [-0.2, -0.15) is 13.2 Å². The first-order valence-corrected chi connectivity index (χ1v) is 9.48. The zero-order chi connectivity index (χ0) is 20.3. The molecule has 0 atom stereocenters. The minimum Gasteiger partial charge on any atom is -0.396 e. The van der Waals surface area contributed by atoms with E-state index in [4.69, 9.17) is 5.11 Å². The molecule has 0 aliphatic heterocycles. The molecule has 7 heteroatoms. The number of unbranched alkanes of at least 4 members (excludes halogenated alkanes) is 1. The normalized spacial score (nSPS) is 14.1. The van der Waals surface area contributed by atoms with Gasteiger partial charge < -0.3 is 9.67 Å². The van der Waals surface area contributed by atoms with Gasteiger partial charge in [-0.1, -0.05) is 37.6 Å². The van der Waals surface area contributed by atoms with Gasteiger partial charge in [-0.25, -0.2) is 9.97 Å². The van der Waals surface area contributed by atoms with Crippen molar-refractivity contribution in [3.8, 4) is 11.4 Å². The Morgan fingerprint density at radius 1 is 1.21 bits per heavy atom. The summed E-state index contributed by atoms with van der Waals surface area (Å²) in [5.74, 6) is 0.701. The molecule has 0 unspecified atom stereocenters. The standard InChI is InChI=1S/C17H14F3N3.C4H10O/c1-10-4-2-3-5-13(10)15-22-14-8-11(17(18,19)20)9-21-16(14)23(15)12-6-7-12;1-2-3-4-5/h2-5,8-9,12H,6-7H2,1H3;5H,2-4H2,1H3. The van der Waals surface area contributed by atoms with Crippen molar-refractivity contribution in [1.82, 2.24) is 14.5 Å². The average molecular weight is 391 g/mol. The molecule has 1 saturated carbocycles. The Balaban J connectivity index is 0.000000403. The van der Waals surface area contributed by atoms with Gasteiger partial charge in [-0.05, 0) is 37.8 Å². The van der Waals surface area contributed by atoms with E-state index in [1.165, 1.54) is 0 Å². The Morgan fingerprint density at radius 2 is 1.93 bits per heavy atom. The minimum absolute atomic E-state index is 0.277. The Bertz CT molecular complexity index is 944. The van der Waals surface area contributed by atoms with E-state index in [1.807, 2.05) is 35.8 Å². The van der Waals surface area contributed by atoms with Crippen LogP contribution in [0.3, 0.4) is 0 Å². The van der Waals surface area contributed by atoms with Gasteiger partial charge in [0.05, 0.1) is 5.56 Å². The van der Waals surface area contributed by atoms with Crippen LogP contribution in [0.5, 0.6) is 0 Å². The van der Waals surface area contributed by atoms with Crippen LogP contribution >= 0.6 is 0 Å². The number of fused-ring (bicyclic) bond motifs is 1. The molecule has 2 aromatic heterocycles. The zero-order valence-corrected chi connectivity index (χ0v) is 16.0. The molecule has 150 valence electrons. The van der Waals surface area contributed by atoms with E-state index in [1.54, 1.807) is 0 Å². The topological polar surface area (TPSA) is 50.9 Å². The van der Waals surface area contributed by atoms with Crippen molar-refractivity contribution in [3.63, 3.8) is 0 Å². The van der Waals surface area contributed by atoms with Gasteiger partial charge in [-0.15, -0.1) is 0 Å². The molecule has 4 rings (SSSR count). The van der Waals surface area contributed by atoms with Crippen molar-refractivity contribution in [3.05, 3.63) is 47.7 Å². The monoisotopic (exact) mass is 391 g/mol. The predicted molar refractivity (Wildman–Crippen MR) is 103 cm³/mol. The Labute approximate surface area is 162 Å². The molecular formula is C21H24F3N3O. The van der Waals surface area contributed by atoms with Crippen LogP contribution in [0, 0.1) is 6.92 Å². The lowest BCUT2D eigenvalue weighted by Gasteiger charge is -2.09. The second-order valence-electron chi connectivity index (χ2n) is 6.99. The molecule has 3 aromatic rings. The lowest BCUT2D eigenvalue weighted by atomic mass is 10.1. The van der Waals surface area contributed by atoms with Gasteiger partial charge >= 0.3 is 6.18 Å². The number of hydrogen-bond donors (Lipinski definition) is 1. The summed E-state index contributed by atoms with van der Waals surface area (Å²) in [5.41, 5.74) is 2.04. The predicted octanol–water partition coefficient (Wildman–Crippen LogP) is 5.54. The highest BCUT2D eigenvalue weighted by Gasteiger charge is 2.34. The lowest BCUT2D eigenvalue weighted by molar-refractivity contribution is -0.137. The van der Waals surface area contributed by atoms with Crippen LogP contribution in [0.2, 0.25) is 0 Å². The maximum absolute atomic E-state index is 12.9. The van der Waals surface area contributed by atoms with Crippen LogP contribution in [0.15, 0.2) is 36.5 Å². The van der Waals surface area contributed by atoms with Gasteiger partial charge in [0.15, 0.2) is 5.65 Å². The SMILES string of the molecule is CCCCO.Cc1ccccc1-c1nc2cc(C(F)(F)F)cnc2n1C1CC1. The second-order valence-corrected chi connectivity index (χ2v) is 6.99. The third-order valence-corrected chi connectivity index (χ3v) is 4.67.